The number of hydrogen-bond acceptors (Lipinski definition) is 8. The van der Waals surface area contributed by atoms with Crippen molar-refractivity contribution >= 4 is 28.6 Å². The molecule has 2 aromatic heterocycles. The van der Waals surface area contributed by atoms with Crippen molar-refractivity contribution in [2.75, 3.05) is 6.61 Å². The summed E-state index contributed by atoms with van der Waals surface area (Å²) in [6, 6.07) is 14.5. The molecule has 0 aliphatic carbocycles. The highest BCUT2D eigenvalue weighted by Gasteiger charge is 2.28. The standard InChI is InChI=1S/C24H22N6O4S/c1-2-11-29-22(19-13-33-17-9-5-6-10-18(17)34-19)27-28-24(29)35-14-21-26-16-8-4-3-7-15(16)23(32)30(21)12-20(25)31/h2-10,19H,1,11-14H2,(H2,25,31). The Kier molecular flexibility index (Phi) is 6.23. The van der Waals surface area contributed by atoms with Gasteiger partial charge in [-0.05, 0) is 24.3 Å². The highest BCUT2D eigenvalue weighted by atomic mass is 32.2. The first kappa shape index (κ1) is 22.7. The molecular weight excluding hydrogens is 468 g/mol. The van der Waals surface area contributed by atoms with Gasteiger partial charge in [-0.1, -0.05) is 42.1 Å². The highest BCUT2D eigenvalue weighted by Crippen LogP contribution is 2.36. The lowest BCUT2D eigenvalue weighted by Gasteiger charge is -2.26. The monoisotopic (exact) mass is 490 g/mol. The minimum atomic E-state index is -0.623. The molecule has 1 aliphatic heterocycles. The van der Waals surface area contributed by atoms with Crippen LogP contribution in [-0.4, -0.2) is 36.8 Å². The van der Waals surface area contributed by atoms with E-state index in [9.17, 15) is 9.59 Å². The molecule has 0 saturated carbocycles. The molecule has 5 rings (SSSR count). The SMILES string of the molecule is C=CCn1c(SCc2nc3ccccc3c(=O)n2CC(N)=O)nnc1C1COc2ccccc2O1. The quantitative estimate of drug-likeness (QED) is 0.295. The van der Waals surface area contributed by atoms with Crippen LogP contribution in [0.5, 0.6) is 11.5 Å². The molecule has 0 spiro atoms. The van der Waals surface area contributed by atoms with Crippen LogP contribution in [0.2, 0.25) is 0 Å². The number of carbonyl (C=O) groups excluding carboxylic acids is 1. The Bertz CT molecular complexity index is 1480. The molecule has 1 aliphatic rings. The minimum absolute atomic E-state index is 0.260. The Hall–Kier alpha value is -4.12. The molecular formula is C24H22N6O4S. The van der Waals surface area contributed by atoms with Crippen LogP contribution in [0.1, 0.15) is 17.8 Å². The van der Waals surface area contributed by atoms with E-state index >= 15 is 0 Å². The van der Waals surface area contributed by atoms with E-state index in [1.54, 1.807) is 24.3 Å². The molecule has 0 fully saturated rings. The number of carbonyl (C=O) groups is 1. The highest BCUT2D eigenvalue weighted by molar-refractivity contribution is 7.98. The third-order valence-electron chi connectivity index (χ3n) is 5.44. The Labute approximate surface area is 204 Å². The summed E-state index contributed by atoms with van der Waals surface area (Å²) in [7, 11) is 0. The number of nitrogens with zero attached hydrogens (tertiary/aromatic N) is 5. The number of ether oxygens (including phenoxy) is 2. The van der Waals surface area contributed by atoms with E-state index in [1.807, 2.05) is 34.9 Å². The summed E-state index contributed by atoms with van der Waals surface area (Å²) in [5.41, 5.74) is 5.64. The predicted octanol–water partition coefficient (Wildman–Crippen LogP) is 2.46. The Balaban J connectivity index is 1.45. The van der Waals surface area contributed by atoms with E-state index in [-0.39, 0.29) is 17.9 Å². The van der Waals surface area contributed by atoms with Crippen LogP contribution in [0.15, 0.2) is 71.1 Å². The zero-order chi connectivity index (χ0) is 24.4. The van der Waals surface area contributed by atoms with E-state index in [4.69, 9.17) is 15.2 Å². The number of fused-ring (bicyclic) bond motifs is 2. The maximum atomic E-state index is 13.0. The van der Waals surface area contributed by atoms with E-state index in [1.165, 1.54) is 16.3 Å². The average molecular weight is 491 g/mol. The lowest BCUT2D eigenvalue weighted by molar-refractivity contribution is -0.118. The Morgan fingerprint density at radius 3 is 2.71 bits per heavy atom. The third kappa shape index (κ3) is 4.50. The predicted molar refractivity (Wildman–Crippen MR) is 130 cm³/mol. The molecule has 10 nitrogen and oxygen atoms in total. The number of allylic oxidation sites excluding steroid dienone is 1. The maximum absolute atomic E-state index is 13.0. The van der Waals surface area contributed by atoms with Gasteiger partial charge in [0, 0.05) is 6.54 Å². The van der Waals surface area contributed by atoms with Crippen molar-refractivity contribution in [1.82, 2.24) is 24.3 Å². The van der Waals surface area contributed by atoms with Crippen molar-refractivity contribution in [3.05, 3.63) is 83.2 Å². The van der Waals surface area contributed by atoms with Crippen LogP contribution in [0.4, 0.5) is 0 Å². The van der Waals surface area contributed by atoms with Crippen molar-refractivity contribution in [2.24, 2.45) is 5.73 Å². The fraction of sp³-hybridized carbons (Fsp3) is 0.208. The third-order valence-corrected chi connectivity index (χ3v) is 6.40. The first-order valence-corrected chi connectivity index (χ1v) is 11.9. The van der Waals surface area contributed by atoms with Crippen LogP contribution in [0.25, 0.3) is 10.9 Å². The Morgan fingerprint density at radius 1 is 1.14 bits per heavy atom. The number of nitrogens with two attached hydrogens (primary N) is 1. The van der Waals surface area contributed by atoms with Gasteiger partial charge in [-0.3, -0.25) is 18.7 Å². The molecule has 4 aromatic rings. The zero-order valence-electron chi connectivity index (χ0n) is 18.7. The summed E-state index contributed by atoms with van der Waals surface area (Å²) >= 11 is 1.34. The average Bonchev–Trinajstić information content (AvgIpc) is 3.27. The van der Waals surface area contributed by atoms with Crippen LogP contribution < -0.4 is 20.8 Å². The first-order valence-electron chi connectivity index (χ1n) is 10.9. The van der Waals surface area contributed by atoms with E-state index in [0.29, 0.717) is 52.4 Å². The molecule has 178 valence electrons. The van der Waals surface area contributed by atoms with Crippen LogP contribution in [0, 0.1) is 0 Å². The lowest BCUT2D eigenvalue weighted by Crippen LogP contribution is -2.31. The minimum Gasteiger partial charge on any atom is -0.485 e. The van der Waals surface area contributed by atoms with Crippen molar-refractivity contribution in [3.63, 3.8) is 0 Å². The lowest BCUT2D eigenvalue weighted by atomic mass is 10.2. The van der Waals surface area contributed by atoms with Gasteiger partial charge < -0.3 is 15.2 Å². The molecule has 0 radical (unpaired) electrons. The molecule has 2 aromatic carbocycles. The normalized spacial score (nSPS) is 14.7. The van der Waals surface area contributed by atoms with Gasteiger partial charge in [0.25, 0.3) is 5.56 Å². The first-order chi connectivity index (χ1) is 17.0. The van der Waals surface area contributed by atoms with Crippen LogP contribution in [0.3, 0.4) is 0 Å². The zero-order valence-corrected chi connectivity index (χ0v) is 19.5. The second-order valence-corrected chi connectivity index (χ2v) is 8.74. The summed E-state index contributed by atoms with van der Waals surface area (Å²) < 4.78 is 15.1. The van der Waals surface area contributed by atoms with Gasteiger partial charge in [-0.25, -0.2) is 4.98 Å². The van der Waals surface area contributed by atoms with Gasteiger partial charge in [0.2, 0.25) is 5.91 Å². The van der Waals surface area contributed by atoms with Crippen LogP contribution in [-0.2, 0) is 23.6 Å². The van der Waals surface area contributed by atoms with E-state index in [2.05, 4.69) is 21.8 Å². The van der Waals surface area contributed by atoms with E-state index in [0.717, 1.165) is 0 Å². The summed E-state index contributed by atoms with van der Waals surface area (Å²) in [6.07, 6.45) is 1.30. The molecule has 1 atom stereocenters. The van der Waals surface area contributed by atoms with Gasteiger partial charge >= 0.3 is 0 Å². The molecule has 2 N–H and O–H groups in total. The summed E-state index contributed by atoms with van der Waals surface area (Å²) in [4.78, 5) is 29.3. The van der Waals surface area contributed by atoms with Crippen molar-refractivity contribution in [2.45, 2.75) is 30.1 Å². The number of primary amides is 1. The summed E-state index contributed by atoms with van der Waals surface area (Å²) in [6.45, 7) is 4.33. The number of thioether (sulfide) groups is 1. The summed E-state index contributed by atoms with van der Waals surface area (Å²) in [5, 5.41) is 9.72. The number of para-hydroxylation sites is 3. The molecule has 35 heavy (non-hydrogen) atoms. The molecule has 0 saturated heterocycles. The van der Waals surface area contributed by atoms with Gasteiger partial charge in [0.1, 0.15) is 19.0 Å². The molecule has 1 unspecified atom stereocenters. The van der Waals surface area contributed by atoms with E-state index < -0.39 is 12.0 Å². The Morgan fingerprint density at radius 2 is 1.91 bits per heavy atom. The second-order valence-electron chi connectivity index (χ2n) is 7.80. The number of rotatable bonds is 8. The smallest absolute Gasteiger partial charge is 0.261 e. The van der Waals surface area contributed by atoms with Crippen molar-refractivity contribution in [3.8, 4) is 11.5 Å². The number of hydrogen-bond donors (Lipinski definition) is 1. The number of benzene rings is 2. The number of aromatic nitrogens is 5. The topological polar surface area (TPSA) is 127 Å². The van der Waals surface area contributed by atoms with Crippen molar-refractivity contribution in [1.29, 1.82) is 0 Å². The number of amides is 1. The fourth-order valence-corrected chi connectivity index (χ4v) is 4.77. The van der Waals surface area contributed by atoms with Gasteiger partial charge in [-0.15, -0.1) is 16.8 Å². The molecule has 11 heteroatoms. The largest absolute Gasteiger partial charge is 0.485 e. The molecule has 1 amide bonds. The maximum Gasteiger partial charge on any atom is 0.261 e. The molecule has 0 bridgehead atoms. The molecule has 3 heterocycles. The van der Waals surface area contributed by atoms with Crippen molar-refractivity contribution < 1.29 is 14.3 Å². The second kappa shape index (κ2) is 9.63. The van der Waals surface area contributed by atoms with Crippen LogP contribution >= 0.6 is 11.8 Å². The fourth-order valence-electron chi connectivity index (χ4n) is 3.86. The van der Waals surface area contributed by atoms with Gasteiger partial charge in [0.15, 0.2) is 28.6 Å². The van der Waals surface area contributed by atoms with Gasteiger partial charge in [-0.2, -0.15) is 0 Å². The van der Waals surface area contributed by atoms with Gasteiger partial charge in [0.05, 0.1) is 16.7 Å². The summed E-state index contributed by atoms with van der Waals surface area (Å²) in [5.74, 6) is 1.99.